The molecule has 5 heteroatoms. The van der Waals surface area contributed by atoms with Gasteiger partial charge in [0.1, 0.15) is 0 Å². The number of nitriles is 1. The van der Waals surface area contributed by atoms with Crippen LogP contribution in [-0.4, -0.2) is 21.3 Å². The molecule has 0 saturated carbocycles. The number of hydrogen-bond donors (Lipinski definition) is 1. The Morgan fingerprint density at radius 2 is 2.29 bits per heavy atom. The number of anilines is 1. The number of fused-ring (bicyclic) bond motifs is 1. The minimum Gasteiger partial charge on any atom is -0.385 e. The molecule has 2 heterocycles. The maximum Gasteiger partial charge on any atom is 0.0996 e. The Labute approximate surface area is 123 Å². The molecule has 0 unspecified atom stereocenters. The standard InChI is InChI=1S/C16H17N5/c1-3-18-15-9-13(8-12-6-7-21(2)20-12)19-14-5-4-11(10-17)16(14)15/h4,6-7,9H,3,5,8H2,1-2H3,(H,18,19). The van der Waals surface area contributed by atoms with Crippen LogP contribution in [0.5, 0.6) is 0 Å². The third kappa shape index (κ3) is 2.52. The number of nitrogens with zero attached hydrogens (tertiary/aromatic N) is 4. The molecule has 0 radical (unpaired) electrons. The minimum absolute atomic E-state index is 0.703. The van der Waals surface area contributed by atoms with E-state index < -0.39 is 0 Å². The van der Waals surface area contributed by atoms with Crippen LogP contribution in [0.25, 0.3) is 5.57 Å². The van der Waals surface area contributed by atoms with Crippen LogP contribution in [0.2, 0.25) is 0 Å². The quantitative estimate of drug-likeness (QED) is 0.932. The van der Waals surface area contributed by atoms with Gasteiger partial charge in [-0.2, -0.15) is 10.4 Å². The van der Waals surface area contributed by atoms with Crippen LogP contribution in [-0.2, 0) is 19.9 Å². The highest BCUT2D eigenvalue weighted by Gasteiger charge is 2.20. The lowest BCUT2D eigenvalue weighted by Gasteiger charge is -2.12. The highest BCUT2D eigenvalue weighted by molar-refractivity contribution is 5.88. The van der Waals surface area contributed by atoms with Crippen molar-refractivity contribution in [3.63, 3.8) is 0 Å². The maximum atomic E-state index is 9.23. The van der Waals surface area contributed by atoms with E-state index in [4.69, 9.17) is 4.98 Å². The molecule has 0 aliphatic heterocycles. The zero-order valence-electron chi connectivity index (χ0n) is 12.2. The fourth-order valence-corrected chi connectivity index (χ4v) is 2.67. The van der Waals surface area contributed by atoms with Gasteiger partial charge in [-0.3, -0.25) is 9.67 Å². The summed E-state index contributed by atoms with van der Waals surface area (Å²) in [6, 6.07) is 6.29. The van der Waals surface area contributed by atoms with Gasteiger partial charge in [-0.1, -0.05) is 6.08 Å². The summed E-state index contributed by atoms with van der Waals surface area (Å²) in [6.07, 6.45) is 5.31. The van der Waals surface area contributed by atoms with Gasteiger partial charge in [-0.05, 0) is 19.1 Å². The molecule has 3 rings (SSSR count). The van der Waals surface area contributed by atoms with Gasteiger partial charge in [0.25, 0.3) is 0 Å². The summed E-state index contributed by atoms with van der Waals surface area (Å²) in [5.41, 5.74) is 5.64. The monoisotopic (exact) mass is 279 g/mol. The van der Waals surface area contributed by atoms with Crippen LogP contribution < -0.4 is 5.32 Å². The Morgan fingerprint density at radius 1 is 1.43 bits per heavy atom. The third-order valence-corrected chi connectivity index (χ3v) is 3.54. The van der Waals surface area contributed by atoms with Crippen molar-refractivity contribution in [1.82, 2.24) is 14.8 Å². The van der Waals surface area contributed by atoms with Gasteiger partial charge in [0.05, 0.1) is 23.0 Å². The molecule has 1 N–H and O–H groups in total. The second-order valence-corrected chi connectivity index (χ2v) is 5.10. The summed E-state index contributed by atoms with van der Waals surface area (Å²) >= 11 is 0. The largest absolute Gasteiger partial charge is 0.385 e. The van der Waals surface area contributed by atoms with Crippen molar-refractivity contribution in [2.45, 2.75) is 19.8 Å². The summed E-state index contributed by atoms with van der Waals surface area (Å²) in [7, 11) is 1.91. The van der Waals surface area contributed by atoms with Crippen LogP contribution in [0.15, 0.2) is 24.4 Å². The summed E-state index contributed by atoms with van der Waals surface area (Å²) in [4.78, 5) is 4.71. The molecule has 0 amide bonds. The SMILES string of the molecule is CCNc1cc(Cc2ccn(C)n2)nc2c1C(C#N)=CC2. The molecule has 0 spiro atoms. The third-order valence-electron chi connectivity index (χ3n) is 3.54. The van der Waals surface area contributed by atoms with Crippen LogP contribution in [0.3, 0.4) is 0 Å². The van der Waals surface area contributed by atoms with E-state index in [2.05, 4.69) is 23.4 Å². The van der Waals surface area contributed by atoms with Crippen LogP contribution >= 0.6 is 0 Å². The summed E-state index contributed by atoms with van der Waals surface area (Å²) in [5, 5.41) is 17.0. The first kappa shape index (κ1) is 13.4. The average molecular weight is 279 g/mol. The van der Waals surface area contributed by atoms with Gasteiger partial charge in [-0.15, -0.1) is 0 Å². The van der Waals surface area contributed by atoms with E-state index in [1.54, 1.807) is 4.68 Å². The first-order chi connectivity index (χ1) is 10.2. The average Bonchev–Trinajstić information content (AvgIpc) is 3.05. The van der Waals surface area contributed by atoms with E-state index >= 15 is 0 Å². The fraction of sp³-hybridized carbons (Fsp3) is 0.312. The van der Waals surface area contributed by atoms with E-state index in [-0.39, 0.29) is 0 Å². The van der Waals surface area contributed by atoms with Crippen molar-refractivity contribution < 1.29 is 0 Å². The van der Waals surface area contributed by atoms with Crippen molar-refractivity contribution in [3.05, 3.63) is 47.1 Å². The Balaban J connectivity index is 1.98. The lowest BCUT2D eigenvalue weighted by molar-refractivity contribution is 0.747. The van der Waals surface area contributed by atoms with Gasteiger partial charge in [0.2, 0.25) is 0 Å². The molecule has 2 aromatic heterocycles. The van der Waals surface area contributed by atoms with Crippen molar-refractivity contribution >= 4 is 11.3 Å². The molecule has 21 heavy (non-hydrogen) atoms. The molecule has 5 nitrogen and oxygen atoms in total. The molecule has 1 aliphatic rings. The van der Waals surface area contributed by atoms with Crippen LogP contribution in [0, 0.1) is 11.3 Å². The molecule has 2 aromatic rings. The number of aryl methyl sites for hydroxylation is 1. The van der Waals surface area contributed by atoms with Crippen molar-refractivity contribution in [2.75, 3.05) is 11.9 Å². The molecular weight excluding hydrogens is 262 g/mol. The molecule has 0 saturated heterocycles. The van der Waals surface area contributed by atoms with Crippen molar-refractivity contribution in [2.24, 2.45) is 7.05 Å². The van der Waals surface area contributed by atoms with Crippen molar-refractivity contribution in [1.29, 1.82) is 5.26 Å². The number of aromatic nitrogens is 3. The van der Waals surface area contributed by atoms with Gasteiger partial charge in [0.15, 0.2) is 0 Å². The second-order valence-electron chi connectivity index (χ2n) is 5.10. The van der Waals surface area contributed by atoms with E-state index in [1.165, 1.54) is 0 Å². The topological polar surface area (TPSA) is 66.5 Å². The normalized spacial score (nSPS) is 12.7. The molecule has 1 aliphatic carbocycles. The Bertz CT molecular complexity index is 749. The first-order valence-corrected chi connectivity index (χ1v) is 7.07. The number of nitrogens with one attached hydrogen (secondary N) is 1. The molecular formula is C16H17N5. The maximum absolute atomic E-state index is 9.23. The Morgan fingerprint density at radius 3 is 2.95 bits per heavy atom. The summed E-state index contributed by atoms with van der Waals surface area (Å²) < 4.78 is 1.79. The number of hydrogen-bond acceptors (Lipinski definition) is 4. The van der Waals surface area contributed by atoms with Crippen molar-refractivity contribution in [3.8, 4) is 6.07 Å². The Hall–Kier alpha value is -2.61. The van der Waals surface area contributed by atoms with Crippen LogP contribution in [0.4, 0.5) is 5.69 Å². The number of rotatable bonds is 4. The lowest BCUT2D eigenvalue weighted by Crippen LogP contribution is -2.06. The van der Waals surface area contributed by atoms with Gasteiger partial charge < -0.3 is 5.32 Å². The second kappa shape index (κ2) is 5.41. The molecule has 106 valence electrons. The zero-order valence-corrected chi connectivity index (χ0v) is 12.2. The van der Waals surface area contributed by atoms with E-state index in [1.807, 2.05) is 31.5 Å². The molecule has 0 aromatic carbocycles. The highest BCUT2D eigenvalue weighted by atomic mass is 15.2. The van der Waals surface area contributed by atoms with Gasteiger partial charge >= 0.3 is 0 Å². The summed E-state index contributed by atoms with van der Waals surface area (Å²) in [6.45, 7) is 2.87. The van der Waals surface area contributed by atoms with E-state index in [0.29, 0.717) is 6.42 Å². The number of allylic oxidation sites excluding steroid dienone is 2. The van der Waals surface area contributed by atoms with Gasteiger partial charge in [0, 0.05) is 49.6 Å². The highest BCUT2D eigenvalue weighted by Crippen LogP contribution is 2.33. The predicted octanol–water partition coefficient (Wildman–Crippen LogP) is 2.30. The Kier molecular flexibility index (Phi) is 3.44. The fourth-order valence-electron chi connectivity index (χ4n) is 2.67. The van der Waals surface area contributed by atoms with E-state index in [9.17, 15) is 5.26 Å². The van der Waals surface area contributed by atoms with Crippen LogP contribution in [0.1, 0.15) is 29.6 Å². The zero-order chi connectivity index (χ0) is 14.8. The predicted molar refractivity (Wildman–Crippen MR) is 81.7 cm³/mol. The molecule has 0 bridgehead atoms. The number of pyridine rings is 1. The molecule has 0 fully saturated rings. The first-order valence-electron chi connectivity index (χ1n) is 7.07. The smallest absolute Gasteiger partial charge is 0.0996 e. The molecule has 0 atom stereocenters. The minimum atomic E-state index is 0.703. The lowest BCUT2D eigenvalue weighted by atomic mass is 10.1. The van der Waals surface area contributed by atoms with Gasteiger partial charge in [-0.25, -0.2) is 0 Å². The van der Waals surface area contributed by atoms with E-state index in [0.717, 1.165) is 46.9 Å². The summed E-state index contributed by atoms with van der Waals surface area (Å²) in [5.74, 6) is 0.